The molecule has 0 atom stereocenters. The number of benzene rings is 2. The van der Waals surface area contributed by atoms with Gasteiger partial charge in [-0.05, 0) is 69.2 Å². The summed E-state index contributed by atoms with van der Waals surface area (Å²) in [5.74, 6) is 0. The van der Waals surface area contributed by atoms with Crippen LogP contribution in [0.4, 0.5) is 0 Å². The Hall–Kier alpha value is -2.41. The zero-order valence-corrected chi connectivity index (χ0v) is 13.6. The van der Waals surface area contributed by atoms with Gasteiger partial charge in [0.15, 0.2) is 0 Å². The van der Waals surface area contributed by atoms with Gasteiger partial charge < -0.3 is 0 Å². The molecule has 0 aliphatic heterocycles. The van der Waals surface area contributed by atoms with Gasteiger partial charge in [0, 0.05) is 10.9 Å². The Balaban J connectivity index is 2.10. The van der Waals surface area contributed by atoms with Gasteiger partial charge in [-0.15, -0.1) is 0 Å². The van der Waals surface area contributed by atoms with Crippen LogP contribution in [-0.4, -0.2) is 4.98 Å². The SMILES string of the molecule is C/C=C(/C)c1ccc2nc(-c3cc(C)cc(C)c3)ccc2c1. The van der Waals surface area contributed by atoms with E-state index in [4.69, 9.17) is 4.98 Å². The standard InChI is InChI=1S/C21H21N/c1-5-16(4)17-6-8-20-18(13-17)7-9-21(22-20)19-11-14(2)10-15(3)12-19/h5-13H,1-4H3/b16-5-. The monoisotopic (exact) mass is 287 g/mol. The summed E-state index contributed by atoms with van der Waals surface area (Å²) in [6, 6.07) is 17.3. The summed E-state index contributed by atoms with van der Waals surface area (Å²) in [6.45, 7) is 8.47. The number of nitrogens with zero attached hydrogens (tertiary/aromatic N) is 1. The van der Waals surface area contributed by atoms with E-state index in [1.54, 1.807) is 0 Å². The Morgan fingerprint density at radius 1 is 0.909 bits per heavy atom. The zero-order chi connectivity index (χ0) is 15.7. The third-order valence-electron chi connectivity index (χ3n) is 4.10. The predicted molar refractivity (Wildman–Crippen MR) is 96.0 cm³/mol. The van der Waals surface area contributed by atoms with Gasteiger partial charge in [-0.2, -0.15) is 0 Å². The Morgan fingerprint density at radius 3 is 2.32 bits per heavy atom. The maximum atomic E-state index is 4.83. The topological polar surface area (TPSA) is 12.9 Å². The van der Waals surface area contributed by atoms with E-state index < -0.39 is 0 Å². The average Bonchev–Trinajstić information content (AvgIpc) is 2.52. The molecule has 0 aliphatic rings. The molecule has 1 aromatic heterocycles. The second-order valence-corrected chi connectivity index (χ2v) is 5.95. The van der Waals surface area contributed by atoms with Gasteiger partial charge in [0.05, 0.1) is 11.2 Å². The van der Waals surface area contributed by atoms with Crippen LogP contribution >= 0.6 is 0 Å². The van der Waals surface area contributed by atoms with Crippen LogP contribution in [0.25, 0.3) is 27.7 Å². The fraction of sp³-hybridized carbons (Fsp3) is 0.190. The van der Waals surface area contributed by atoms with E-state index in [1.165, 1.54) is 33.2 Å². The summed E-state index contributed by atoms with van der Waals surface area (Å²) in [6.07, 6.45) is 2.14. The number of fused-ring (bicyclic) bond motifs is 1. The molecule has 0 N–H and O–H groups in total. The highest BCUT2D eigenvalue weighted by molar-refractivity contribution is 5.85. The molecule has 22 heavy (non-hydrogen) atoms. The van der Waals surface area contributed by atoms with Crippen LogP contribution in [-0.2, 0) is 0 Å². The smallest absolute Gasteiger partial charge is 0.0709 e. The maximum Gasteiger partial charge on any atom is 0.0709 e. The minimum atomic E-state index is 1.04. The molecule has 1 heteroatoms. The number of hydrogen-bond acceptors (Lipinski definition) is 1. The van der Waals surface area contributed by atoms with Crippen LogP contribution in [0, 0.1) is 13.8 Å². The second-order valence-electron chi connectivity index (χ2n) is 5.95. The van der Waals surface area contributed by atoms with Crippen molar-refractivity contribution in [2.24, 2.45) is 0 Å². The molecule has 0 saturated carbocycles. The summed E-state index contributed by atoms with van der Waals surface area (Å²) >= 11 is 0. The highest BCUT2D eigenvalue weighted by Crippen LogP contribution is 2.25. The molecule has 110 valence electrons. The van der Waals surface area contributed by atoms with Crippen molar-refractivity contribution in [3.8, 4) is 11.3 Å². The van der Waals surface area contributed by atoms with E-state index >= 15 is 0 Å². The predicted octanol–water partition coefficient (Wildman–Crippen LogP) is 5.94. The van der Waals surface area contributed by atoms with Crippen LogP contribution in [0.15, 0.2) is 54.6 Å². The number of hydrogen-bond donors (Lipinski definition) is 0. The first-order valence-corrected chi connectivity index (χ1v) is 7.69. The summed E-state index contributed by atoms with van der Waals surface area (Å²) in [4.78, 5) is 4.83. The summed E-state index contributed by atoms with van der Waals surface area (Å²) in [5.41, 5.74) is 8.37. The molecular formula is C21H21N. The summed E-state index contributed by atoms with van der Waals surface area (Å²) in [5, 5.41) is 1.19. The fourth-order valence-electron chi connectivity index (χ4n) is 2.82. The van der Waals surface area contributed by atoms with Crippen molar-refractivity contribution >= 4 is 16.5 Å². The molecule has 1 heterocycles. The van der Waals surface area contributed by atoms with Crippen LogP contribution in [0.2, 0.25) is 0 Å². The van der Waals surface area contributed by atoms with E-state index in [1.807, 2.05) is 0 Å². The average molecular weight is 287 g/mol. The van der Waals surface area contributed by atoms with Gasteiger partial charge in [-0.1, -0.05) is 35.4 Å². The lowest BCUT2D eigenvalue weighted by Crippen LogP contribution is -1.89. The lowest BCUT2D eigenvalue weighted by molar-refractivity contribution is 1.34. The van der Waals surface area contributed by atoms with Crippen LogP contribution in [0.1, 0.15) is 30.5 Å². The zero-order valence-electron chi connectivity index (χ0n) is 13.6. The Labute approximate surface area is 132 Å². The molecule has 3 rings (SSSR count). The number of aryl methyl sites for hydroxylation is 2. The molecule has 0 spiro atoms. The van der Waals surface area contributed by atoms with E-state index in [0.29, 0.717) is 0 Å². The molecule has 0 bridgehead atoms. The molecule has 0 unspecified atom stereocenters. The molecule has 0 amide bonds. The number of rotatable bonds is 2. The van der Waals surface area contributed by atoms with Crippen molar-refractivity contribution in [1.29, 1.82) is 0 Å². The summed E-state index contributed by atoms with van der Waals surface area (Å²) < 4.78 is 0. The van der Waals surface area contributed by atoms with Gasteiger partial charge >= 0.3 is 0 Å². The van der Waals surface area contributed by atoms with Crippen molar-refractivity contribution in [3.63, 3.8) is 0 Å². The molecule has 0 aliphatic carbocycles. The minimum Gasteiger partial charge on any atom is -0.248 e. The lowest BCUT2D eigenvalue weighted by Gasteiger charge is -2.08. The molecular weight excluding hydrogens is 266 g/mol. The Morgan fingerprint density at radius 2 is 1.64 bits per heavy atom. The van der Waals surface area contributed by atoms with Crippen molar-refractivity contribution in [2.45, 2.75) is 27.7 Å². The number of allylic oxidation sites excluding steroid dienone is 2. The van der Waals surface area contributed by atoms with Gasteiger partial charge in [0.1, 0.15) is 0 Å². The van der Waals surface area contributed by atoms with Crippen molar-refractivity contribution in [1.82, 2.24) is 4.98 Å². The molecule has 3 aromatic rings. The fourth-order valence-corrected chi connectivity index (χ4v) is 2.82. The van der Waals surface area contributed by atoms with Crippen LogP contribution < -0.4 is 0 Å². The van der Waals surface area contributed by atoms with Gasteiger partial charge in [-0.3, -0.25) is 0 Å². The van der Waals surface area contributed by atoms with Crippen LogP contribution in [0.3, 0.4) is 0 Å². The van der Waals surface area contributed by atoms with E-state index in [2.05, 4.69) is 82.3 Å². The van der Waals surface area contributed by atoms with Gasteiger partial charge in [0.25, 0.3) is 0 Å². The third kappa shape index (κ3) is 2.80. The minimum absolute atomic E-state index is 1.04. The Bertz CT molecular complexity index is 852. The van der Waals surface area contributed by atoms with E-state index in [-0.39, 0.29) is 0 Å². The first-order valence-electron chi connectivity index (χ1n) is 7.69. The lowest BCUT2D eigenvalue weighted by atomic mass is 10.0. The number of pyridine rings is 1. The third-order valence-corrected chi connectivity index (χ3v) is 4.10. The number of aromatic nitrogens is 1. The van der Waals surface area contributed by atoms with Gasteiger partial charge in [-0.25, -0.2) is 4.98 Å². The molecule has 0 fully saturated rings. The molecule has 1 nitrogen and oxygen atoms in total. The molecule has 2 aromatic carbocycles. The summed E-state index contributed by atoms with van der Waals surface area (Å²) in [7, 11) is 0. The Kier molecular flexibility index (Phi) is 3.81. The van der Waals surface area contributed by atoms with Crippen molar-refractivity contribution in [3.05, 3.63) is 71.3 Å². The van der Waals surface area contributed by atoms with Crippen LogP contribution in [0.5, 0.6) is 0 Å². The maximum absolute atomic E-state index is 4.83. The first kappa shape index (κ1) is 14.5. The van der Waals surface area contributed by atoms with Crippen molar-refractivity contribution < 1.29 is 0 Å². The quantitative estimate of drug-likeness (QED) is 0.568. The molecule has 0 radical (unpaired) electrons. The largest absolute Gasteiger partial charge is 0.248 e. The van der Waals surface area contributed by atoms with Gasteiger partial charge in [0.2, 0.25) is 0 Å². The van der Waals surface area contributed by atoms with E-state index in [0.717, 1.165) is 11.2 Å². The first-order chi connectivity index (χ1) is 10.6. The highest BCUT2D eigenvalue weighted by Gasteiger charge is 2.04. The van der Waals surface area contributed by atoms with Crippen molar-refractivity contribution in [2.75, 3.05) is 0 Å². The van der Waals surface area contributed by atoms with E-state index in [9.17, 15) is 0 Å². The normalized spacial score (nSPS) is 11.9. The second kappa shape index (κ2) is 5.76. The highest BCUT2D eigenvalue weighted by atomic mass is 14.7. The molecule has 0 saturated heterocycles.